The van der Waals surface area contributed by atoms with Crippen LogP contribution in [0.1, 0.15) is 150 Å². The Morgan fingerprint density at radius 3 is 0.595 bits per heavy atom. The minimum atomic E-state index is 0.337. The molecule has 0 amide bonds. The van der Waals surface area contributed by atoms with Gasteiger partial charge in [0.2, 0.25) is 0 Å². The van der Waals surface area contributed by atoms with Crippen LogP contribution in [-0.2, 0) is 0 Å². The molecule has 0 aromatic carbocycles. The Bertz CT molecular complexity index is 565. The molecule has 0 spiro atoms. The molecule has 3 saturated heterocycles. The van der Waals surface area contributed by atoms with E-state index >= 15 is 0 Å². The van der Waals surface area contributed by atoms with Crippen LogP contribution >= 0.6 is 0 Å². The number of piperidine rings is 2. The molecule has 0 atom stereocenters. The molecule has 4 nitrogen and oxygen atoms in total. The highest BCUT2D eigenvalue weighted by molar-refractivity contribution is 4.88. The van der Waals surface area contributed by atoms with Gasteiger partial charge in [0.05, 0.1) is 0 Å². The van der Waals surface area contributed by atoms with Crippen LogP contribution in [-0.4, -0.2) is 94.1 Å². The molecule has 42 heavy (non-hydrogen) atoms. The first-order valence-electron chi connectivity index (χ1n) is 17.6. The summed E-state index contributed by atoms with van der Waals surface area (Å²) >= 11 is 0. The molecule has 0 unspecified atom stereocenters. The van der Waals surface area contributed by atoms with E-state index in [1.54, 1.807) is 0 Å². The molecule has 3 heterocycles. The smallest absolute Gasteiger partial charge is 0.0126 e. The van der Waals surface area contributed by atoms with E-state index in [0.717, 1.165) is 11.8 Å². The molecule has 0 saturated carbocycles. The fourth-order valence-electron chi connectivity index (χ4n) is 6.88. The van der Waals surface area contributed by atoms with Gasteiger partial charge in [-0.05, 0) is 158 Å². The molecule has 0 radical (unpaired) electrons. The third-order valence-electron chi connectivity index (χ3n) is 10.5. The van der Waals surface area contributed by atoms with Gasteiger partial charge in [-0.25, -0.2) is 0 Å². The summed E-state index contributed by atoms with van der Waals surface area (Å²) in [5.41, 5.74) is 2.41. The Morgan fingerprint density at radius 2 is 0.452 bits per heavy atom. The van der Waals surface area contributed by atoms with E-state index in [-0.39, 0.29) is 0 Å². The van der Waals surface area contributed by atoms with Gasteiger partial charge in [-0.2, -0.15) is 0 Å². The van der Waals surface area contributed by atoms with E-state index in [1.165, 1.54) is 78.0 Å². The molecule has 0 N–H and O–H groups in total. The van der Waals surface area contributed by atoms with Crippen LogP contribution in [0, 0.1) is 22.7 Å². The lowest BCUT2D eigenvalue weighted by atomic mass is 9.75. The molecular formula is C38H80N4. The number of piperazine rings is 1. The SMILES string of the molecule is CC(C)(C)C1CCN(C(C)(C)C)CC1.CC(C)(C)C1CCN(C(C)(C)C)CC1.CC(C)(C)N1CCN(C(C)(C)C)CC1. The zero-order valence-corrected chi connectivity index (χ0v) is 32.4. The van der Waals surface area contributed by atoms with E-state index in [4.69, 9.17) is 0 Å². The first-order valence-corrected chi connectivity index (χ1v) is 17.6. The predicted molar refractivity (Wildman–Crippen MR) is 190 cm³/mol. The largest absolute Gasteiger partial charge is 0.298 e. The van der Waals surface area contributed by atoms with Crippen molar-refractivity contribution >= 4 is 0 Å². The lowest BCUT2D eigenvalue weighted by molar-refractivity contribution is 0.0211. The van der Waals surface area contributed by atoms with Crippen molar-refractivity contribution < 1.29 is 0 Å². The Hall–Kier alpha value is -0.160. The molecule has 252 valence electrons. The number of hydrogen-bond acceptors (Lipinski definition) is 4. The van der Waals surface area contributed by atoms with Crippen LogP contribution in [0.4, 0.5) is 0 Å². The van der Waals surface area contributed by atoms with E-state index in [1.807, 2.05) is 0 Å². The van der Waals surface area contributed by atoms with Crippen molar-refractivity contribution in [3.63, 3.8) is 0 Å². The van der Waals surface area contributed by atoms with Gasteiger partial charge >= 0.3 is 0 Å². The van der Waals surface area contributed by atoms with Gasteiger partial charge in [-0.1, -0.05) is 41.5 Å². The zero-order chi connectivity index (χ0) is 32.9. The Morgan fingerprint density at radius 1 is 0.286 bits per heavy atom. The fourth-order valence-corrected chi connectivity index (χ4v) is 6.88. The average molecular weight is 593 g/mol. The second-order valence-corrected chi connectivity index (χ2v) is 19.9. The normalized spacial score (nSPS) is 22.7. The number of nitrogens with zero attached hydrogens (tertiary/aromatic N) is 4. The highest BCUT2D eigenvalue weighted by Gasteiger charge is 2.34. The van der Waals surface area contributed by atoms with Crippen LogP contribution < -0.4 is 0 Å². The maximum atomic E-state index is 2.62. The van der Waals surface area contributed by atoms with E-state index in [0.29, 0.717) is 33.0 Å². The summed E-state index contributed by atoms with van der Waals surface area (Å²) in [4.78, 5) is 10.4. The van der Waals surface area contributed by atoms with Gasteiger partial charge in [0, 0.05) is 48.3 Å². The summed E-state index contributed by atoms with van der Waals surface area (Å²) in [5, 5.41) is 0. The maximum absolute atomic E-state index is 2.62. The molecule has 0 aromatic heterocycles. The minimum absolute atomic E-state index is 0.337. The Kier molecular flexibility index (Phi) is 14.2. The minimum Gasteiger partial charge on any atom is -0.298 e. The standard InChI is InChI=1S/2C13H27N.C12H26N2/c2*1-12(2,3)11-7-9-14(10-8-11)13(4,5)6;1-11(2,3)13-7-9-14(10-8-13)12(4,5)6/h2*11H,7-10H2,1-6H3;7-10H2,1-6H3. The molecule has 3 fully saturated rings. The van der Waals surface area contributed by atoms with Crippen molar-refractivity contribution in [3.05, 3.63) is 0 Å². The van der Waals surface area contributed by atoms with Gasteiger partial charge in [-0.15, -0.1) is 0 Å². The molecule has 4 heteroatoms. The van der Waals surface area contributed by atoms with Crippen molar-refractivity contribution in [3.8, 4) is 0 Å². The van der Waals surface area contributed by atoms with Crippen LogP contribution in [0.25, 0.3) is 0 Å². The first-order chi connectivity index (χ1) is 18.6. The van der Waals surface area contributed by atoms with E-state index < -0.39 is 0 Å². The van der Waals surface area contributed by atoms with Crippen LogP contribution in [0.2, 0.25) is 0 Å². The fraction of sp³-hybridized carbons (Fsp3) is 1.00. The average Bonchev–Trinajstić information content (AvgIpc) is 2.82. The topological polar surface area (TPSA) is 13.0 Å². The van der Waals surface area contributed by atoms with Crippen molar-refractivity contribution in [2.45, 2.75) is 172 Å². The van der Waals surface area contributed by atoms with Crippen molar-refractivity contribution in [1.29, 1.82) is 0 Å². The van der Waals surface area contributed by atoms with Gasteiger partial charge < -0.3 is 0 Å². The summed E-state index contributed by atoms with van der Waals surface area (Å²) < 4.78 is 0. The molecular weight excluding hydrogens is 512 g/mol. The summed E-state index contributed by atoms with van der Waals surface area (Å²) in [7, 11) is 0. The van der Waals surface area contributed by atoms with Crippen LogP contribution in [0.5, 0.6) is 0 Å². The Balaban J connectivity index is 0.000000315. The second kappa shape index (κ2) is 15.0. The predicted octanol–water partition coefficient (Wildman–Crippen LogP) is 9.29. The van der Waals surface area contributed by atoms with Crippen molar-refractivity contribution in [1.82, 2.24) is 19.6 Å². The lowest BCUT2D eigenvalue weighted by Crippen LogP contribution is -2.57. The van der Waals surface area contributed by atoms with Crippen molar-refractivity contribution in [2.24, 2.45) is 22.7 Å². The second-order valence-electron chi connectivity index (χ2n) is 19.9. The van der Waals surface area contributed by atoms with Gasteiger partial charge in [-0.3, -0.25) is 19.6 Å². The van der Waals surface area contributed by atoms with E-state index in [2.05, 4.69) is 144 Å². The number of likely N-dealkylation sites (tertiary alicyclic amines) is 2. The molecule has 0 aliphatic carbocycles. The Labute approximate surface area is 266 Å². The zero-order valence-electron chi connectivity index (χ0n) is 32.4. The first kappa shape index (κ1) is 39.9. The molecule has 3 rings (SSSR count). The molecule has 3 aliphatic heterocycles. The summed E-state index contributed by atoms with van der Waals surface area (Å²) in [6.45, 7) is 52.0. The van der Waals surface area contributed by atoms with Gasteiger partial charge in [0.25, 0.3) is 0 Å². The molecule has 3 aliphatic rings. The summed E-state index contributed by atoms with van der Waals surface area (Å²) in [5.74, 6) is 1.84. The number of hydrogen-bond donors (Lipinski definition) is 0. The highest BCUT2D eigenvalue weighted by Crippen LogP contribution is 2.37. The quantitative estimate of drug-likeness (QED) is 0.278. The van der Waals surface area contributed by atoms with Crippen LogP contribution in [0.3, 0.4) is 0 Å². The van der Waals surface area contributed by atoms with Gasteiger partial charge in [0.15, 0.2) is 0 Å². The molecule has 0 bridgehead atoms. The van der Waals surface area contributed by atoms with E-state index in [9.17, 15) is 0 Å². The number of rotatable bonds is 0. The highest BCUT2D eigenvalue weighted by atomic mass is 15.3. The summed E-state index contributed by atoms with van der Waals surface area (Å²) in [6.07, 6.45) is 5.50. The lowest BCUT2D eigenvalue weighted by Gasteiger charge is -2.46. The molecule has 0 aromatic rings. The van der Waals surface area contributed by atoms with Gasteiger partial charge in [0.1, 0.15) is 0 Å². The third-order valence-corrected chi connectivity index (χ3v) is 10.5. The maximum Gasteiger partial charge on any atom is 0.0126 e. The van der Waals surface area contributed by atoms with Crippen molar-refractivity contribution in [2.75, 3.05) is 52.4 Å². The van der Waals surface area contributed by atoms with Crippen LogP contribution in [0.15, 0.2) is 0 Å². The monoisotopic (exact) mass is 593 g/mol. The summed E-state index contributed by atoms with van der Waals surface area (Å²) in [6, 6.07) is 0. The third kappa shape index (κ3) is 13.9.